The highest BCUT2D eigenvalue weighted by atomic mass is 35.5. The molecular formula is C17H26ClNO2. The molecule has 1 aliphatic rings. The molecule has 4 heteroatoms. The predicted octanol–water partition coefficient (Wildman–Crippen LogP) is 4.09. The van der Waals surface area contributed by atoms with Crippen LogP contribution >= 0.6 is 11.6 Å². The highest BCUT2D eigenvalue weighted by Gasteiger charge is 2.29. The molecule has 0 aliphatic heterocycles. The monoisotopic (exact) mass is 311 g/mol. The maximum atomic E-state index is 6.35. The number of hydrogen-bond acceptors (Lipinski definition) is 3. The van der Waals surface area contributed by atoms with Crippen molar-refractivity contribution in [1.82, 2.24) is 0 Å². The number of benzene rings is 1. The fourth-order valence-electron chi connectivity index (χ4n) is 2.97. The Kier molecular flexibility index (Phi) is 6.49. The molecule has 4 atom stereocenters. The van der Waals surface area contributed by atoms with Crippen molar-refractivity contribution in [2.24, 2.45) is 5.73 Å². The van der Waals surface area contributed by atoms with Crippen LogP contribution in [0, 0.1) is 0 Å². The lowest BCUT2D eigenvalue weighted by Crippen LogP contribution is -2.35. The van der Waals surface area contributed by atoms with Crippen LogP contribution in [0.4, 0.5) is 0 Å². The van der Waals surface area contributed by atoms with E-state index >= 15 is 0 Å². The molecule has 1 aromatic rings. The fraction of sp³-hybridized carbons (Fsp3) is 0.647. The first-order chi connectivity index (χ1) is 10.2. The summed E-state index contributed by atoms with van der Waals surface area (Å²) < 4.78 is 11.8. The molecule has 0 aromatic heterocycles. The van der Waals surface area contributed by atoms with Crippen molar-refractivity contribution in [2.45, 2.75) is 63.4 Å². The minimum absolute atomic E-state index is 0.0483. The van der Waals surface area contributed by atoms with Crippen LogP contribution in [0.5, 0.6) is 0 Å². The van der Waals surface area contributed by atoms with E-state index in [9.17, 15) is 0 Å². The molecule has 2 N–H and O–H groups in total. The summed E-state index contributed by atoms with van der Waals surface area (Å²) in [6.07, 6.45) is 5.47. The van der Waals surface area contributed by atoms with Crippen molar-refractivity contribution in [3.05, 3.63) is 34.9 Å². The zero-order valence-electron chi connectivity index (χ0n) is 12.9. The van der Waals surface area contributed by atoms with Crippen molar-refractivity contribution in [3.63, 3.8) is 0 Å². The average Bonchev–Trinajstić information content (AvgIpc) is 2.53. The summed E-state index contributed by atoms with van der Waals surface area (Å²) in [6, 6.07) is 7.78. The van der Waals surface area contributed by atoms with Gasteiger partial charge in [-0.2, -0.15) is 0 Å². The van der Waals surface area contributed by atoms with Crippen molar-refractivity contribution in [3.8, 4) is 0 Å². The van der Waals surface area contributed by atoms with Gasteiger partial charge in [-0.15, -0.1) is 0 Å². The molecule has 118 valence electrons. The van der Waals surface area contributed by atoms with Gasteiger partial charge in [0.1, 0.15) is 0 Å². The minimum atomic E-state index is -0.149. The molecule has 1 aliphatic carbocycles. The minimum Gasteiger partial charge on any atom is -0.381 e. The summed E-state index contributed by atoms with van der Waals surface area (Å²) >= 11 is 6.33. The molecule has 1 aromatic carbocycles. The molecule has 0 bridgehead atoms. The van der Waals surface area contributed by atoms with Crippen LogP contribution in [-0.2, 0) is 9.47 Å². The Bertz CT molecular complexity index is 441. The summed E-state index contributed by atoms with van der Waals surface area (Å²) in [5.41, 5.74) is 7.28. The van der Waals surface area contributed by atoms with Crippen molar-refractivity contribution in [1.29, 1.82) is 0 Å². The Hall–Kier alpha value is -0.610. The van der Waals surface area contributed by atoms with E-state index in [1.54, 1.807) is 7.11 Å². The Labute approximate surface area is 132 Å². The first kappa shape index (κ1) is 16.8. The van der Waals surface area contributed by atoms with Crippen LogP contribution in [0.25, 0.3) is 0 Å². The third kappa shape index (κ3) is 4.43. The van der Waals surface area contributed by atoms with Crippen molar-refractivity contribution in [2.75, 3.05) is 7.11 Å². The number of ether oxygens (including phenoxy) is 2. The van der Waals surface area contributed by atoms with Gasteiger partial charge in [0.25, 0.3) is 0 Å². The summed E-state index contributed by atoms with van der Waals surface area (Å²) in [6.45, 7) is 2.08. The molecule has 0 saturated heterocycles. The standard InChI is InChI=1S/C17H26ClNO2/c1-3-16(19)17(14-9-4-5-10-15(14)18)21-13-8-6-7-12(11-13)20-2/h4-5,9-10,12-13,16-17H,3,6-8,11,19H2,1-2H3. The molecule has 3 nitrogen and oxygen atoms in total. The van der Waals surface area contributed by atoms with Gasteiger partial charge in [0, 0.05) is 23.7 Å². The zero-order chi connectivity index (χ0) is 15.2. The van der Waals surface area contributed by atoms with Gasteiger partial charge in [0.05, 0.1) is 18.3 Å². The predicted molar refractivity (Wildman–Crippen MR) is 86.6 cm³/mol. The fourth-order valence-corrected chi connectivity index (χ4v) is 3.22. The van der Waals surface area contributed by atoms with E-state index in [2.05, 4.69) is 6.92 Å². The topological polar surface area (TPSA) is 44.5 Å². The molecule has 1 fully saturated rings. The van der Waals surface area contributed by atoms with Crippen LogP contribution < -0.4 is 5.73 Å². The Morgan fingerprint density at radius 2 is 2.00 bits per heavy atom. The van der Waals surface area contributed by atoms with E-state index in [0.29, 0.717) is 6.10 Å². The zero-order valence-corrected chi connectivity index (χ0v) is 13.7. The Morgan fingerprint density at radius 3 is 2.67 bits per heavy atom. The SMILES string of the molecule is CCC(N)C(OC1CCCC(OC)C1)c1ccccc1Cl. The second-order valence-electron chi connectivity index (χ2n) is 5.80. The number of hydrogen-bond donors (Lipinski definition) is 1. The Balaban J connectivity index is 2.12. The summed E-state index contributed by atoms with van der Waals surface area (Å²) in [7, 11) is 1.77. The highest BCUT2D eigenvalue weighted by molar-refractivity contribution is 6.31. The second-order valence-corrected chi connectivity index (χ2v) is 6.20. The third-order valence-electron chi connectivity index (χ3n) is 4.32. The largest absolute Gasteiger partial charge is 0.381 e. The lowest BCUT2D eigenvalue weighted by Gasteiger charge is -2.34. The second kappa shape index (κ2) is 8.14. The number of rotatable bonds is 6. The summed E-state index contributed by atoms with van der Waals surface area (Å²) in [5.74, 6) is 0. The van der Waals surface area contributed by atoms with Crippen LogP contribution in [0.15, 0.2) is 24.3 Å². The molecule has 0 spiro atoms. The van der Waals surface area contributed by atoms with E-state index in [-0.39, 0.29) is 18.2 Å². The van der Waals surface area contributed by atoms with Gasteiger partial charge in [0.2, 0.25) is 0 Å². The molecule has 4 unspecified atom stereocenters. The maximum Gasteiger partial charge on any atom is 0.0993 e. The van der Waals surface area contributed by atoms with Gasteiger partial charge < -0.3 is 15.2 Å². The first-order valence-corrected chi connectivity index (χ1v) is 8.21. The number of methoxy groups -OCH3 is 1. The van der Waals surface area contributed by atoms with Gasteiger partial charge in [0.15, 0.2) is 0 Å². The molecular weight excluding hydrogens is 286 g/mol. The van der Waals surface area contributed by atoms with Gasteiger partial charge in [-0.3, -0.25) is 0 Å². The molecule has 2 rings (SSSR count). The lowest BCUT2D eigenvalue weighted by atomic mass is 9.93. The smallest absolute Gasteiger partial charge is 0.0993 e. The number of nitrogens with two attached hydrogens (primary N) is 1. The normalized spacial score (nSPS) is 25.5. The molecule has 0 heterocycles. The van der Waals surface area contributed by atoms with E-state index in [4.69, 9.17) is 26.8 Å². The van der Waals surface area contributed by atoms with Gasteiger partial charge >= 0.3 is 0 Å². The lowest BCUT2D eigenvalue weighted by molar-refractivity contribution is -0.0745. The number of halogens is 1. The average molecular weight is 312 g/mol. The first-order valence-electron chi connectivity index (χ1n) is 7.84. The molecule has 0 amide bonds. The van der Waals surface area contributed by atoms with Crippen molar-refractivity contribution >= 4 is 11.6 Å². The van der Waals surface area contributed by atoms with E-state index in [0.717, 1.165) is 42.7 Å². The van der Waals surface area contributed by atoms with E-state index in [1.807, 2.05) is 24.3 Å². The van der Waals surface area contributed by atoms with Crippen LogP contribution in [-0.4, -0.2) is 25.4 Å². The van der Waals surface area contributed by atoms with E-state index in [1.165, 1.54) is 0 Å². The molecule has 21 heavy (non-hydrogen) atoms. The Morgan fingerprint density at radius 1 is 1.29 bits per heavy atom. The van der Waals surface area contributed by atoms with Gasteiger partial charge in [-0.05, 0) is 38.2 Å². The van der Waals surface area contributed by atoms with Crippen LogP contribution in [0.3, 0.4) is 0 Å². The van der Waals surface area contributed by atoms with Gasteiger partial charge in [-0.1, -0.05) is 36.7 Å². The van der Waals surface area contributed by atoms with Crippen LogP contribution in [0.2, 0.25) is 5.02 Å². The summed E-state index contributed by atoms with van der Waals surface area (Å²) in [4.78, 5) is 0. The van der Waals surface area contributed by atoms with Crippen LogP contribution in [0.1, 0.15) is 50.7 Å². The quantitative estimate of drug-likeness (QED) is 0.860. The molecule has 1 saturated carbocycles. The summed E-state index contributed by atoms with van der Waals surface area (Å²) in [5, 5.41) is 0.727. The highest BCUT2D eigenvalue weighted by Crippen LogP contribution is 2.33. The maximum absolute atomic E-state index is 6.35. The third-order valence-corrected chi connectivity index (χ3v) is 4.67. The van der Waals surface area contributed by atoms with Crippen molar-refractivity contribution < 1.29 is 9.47 Å². The van der Waals surface area contributed by atoms with E-state index < -0.39 is 0 Å². The molecule has 0 radical (unpaired) electrons. The van der Waals surface area contributed by atoms with Gasteiger partial charge in [-0.25, -0.2) is 0 Å².